The number of benzene rings is 1. The average Bonchev–Trinajstić information content (AvgIpc) is 2.80. The van der Waals surface area contributed by atoms with Crippen molar-refractivity contribution in [3.63, 3.8) is 0 Å². The van der Waals surface area contributed by atoms with Crippen LogP contribution in [0, 0.1) is 18.2 Å². The van der Waals surface area contributed by atoms with Gasteiger partial charge in [-0.1, -0.05) is 6.92 Å². The number of aryl methyl sites for hydroxylation is 1. The number of pyridine rings is 1. The molecule has 2 aliphatic heterocycles. The second-order valence-corrected chi connectivity index (χ2v) is 11.3. The number of amides is 1. The molecule has 1 fully saturated rings. The number of ketones is 1. The maximum Gasteiger partial charge on any atom is 0.241 e. The van der Waals surface area contributed by atoms with Crippen LogP contribution in [0.5, 0.6) is 0 Å². The van der Waals surface area contributed by atoms with E-state index in [9.17, 15) is 18.0 Å². The zero-order valence-corrected chi connectivity index (χ0v) is 18.1. The lowest BCUT2D eigenvalue weighted by molar-refractivity contribution is -0.121. The number of fused-ring (bicyclic) bond motifs is 1. The Morgan fingerprint density at radius 1 is 1.17 bits per heavy atom. The van der Waals surface area contributed by atoms with Crippen LogP contribution in [-0.2, 0) is 20.0 Å². The first-order chi connectivity index (χ1) is 13.8. The molecule has 0 bridgehead atoms. The summed E-state index contributed by atoms with van der Waals surface area (Å²) in [5, 5.41) is 0. The van der Waals surface area contributed by atoms with Gasteiger partial charge in [0.05, 0.1) is 34.5 Å². The van der Waals surface area contributed by atoms with Crippen molar-refractivity contribution in [2.75, 3.05) is 16.4 Å². The molecule has 6 nitrogen and oxygen atoms in total. The Hall–Kier alpha value is -2.61. The Kier molecular flexibility index (Phi) is 4.44. The number of carbonyl (C=O) groups is 2. The summed E-state index contributed by atoms with van der Waals surface area (Å²) in [5.41, 5.74) is 0.368. The van der Waals surface area contributed by atoms with E-state index in [1.807, 2.05) is 6.92 Å². The van der Waals surface area contributed by atoms with E-state index in [-0.39, 0.29) is 40.9 Å². The normalized spacial score (nSPS) is 20.6. The number of anilines is 2. The SMILES string of the molecule is Cc1cncc(N2C(=O)C(C)(C)c3cc(C(=O)CC4(C)CS(=O)(=O)C4)cc(F)c32)c1. The Morgan fingerprint density at radius 2 is 1.83 bits per heavy atom. The van der Waals surface area contributed by atoms with Gasteiger partial charge in [-0.2, -0.15) is 0 Å². The van der Waals surface area contributed by atoms with E-state index in [2.05, 4.69) is 4.98 Å². The molecular weight excluding hydrogens is 407 g/mol. The van der Waals surface area contributed by atoms with Gasteiger partial charge in [0.1, 0.15) is 5.82 Å². The molecule has 3 heterocycles. The van der Waals surface area contributed by atoms with Gasteiger partial charge in [-0.3, -0.25) is 19.5 Å². The Balaban J connectivity index is 1.75. The first kappa shape index (κ1) is 20.7. The van der Waals surface area contributed by atoms with Gasteiger partial charge in [-0.25, -0.2) is 12.8 Å². The lowest BCUT2D eigenvalue weighted by Crippen LogP contribution is -2.47. The summed E-state index contributed by atoms with van der Waals surface area (Å²) in [6, 6.07) is 4.47. The fraction of sp³-hybridized carbons (Fsp3) is 0.409. The van der Waals surface area contributed by atoms with Crippen LogP contribution in [0.4, 0.5) is 15.8 Å². The van der Waals surface area contributed by atoms with E-state index in [4.69, 9.17) is 0 Å². The summed E-state index contributed by atoms with van der Waals surface area (Å²) in [4.78, 5) is 31.4. The third-order valence-corrected chi connectivity index (χ3v) is 8.14. The van der Waals surface area contributed by atoms with Crippen molar-refractivity contribution in [3.05, 3.63) is 53.1 Å². The molecule has 30 heavy (non-hydrogen) atoms. The van der Waals surface area contributed by atoms with Crippen molar-refractivity contribution >= 4 is 32.9 Å². The first-order valence-electron chi connectivity index (χ1n) is 9.67. The third-order valence-electron chi connectivity index (χ3n) is 5.86. The Bertz CT molecular complexity index is 1190. The topological polar surface area (TPSA) is 84.4 Å². The largest absolute Gasteiger partial charge is 0.294 e. The van der Waals surface area contributed by atoms with E-state index in [1.54, 1.807) is 39.1 Å². The zero-order chi connectivity index (χ0) is 22.1. The van der Waals surface area contributed by atoms with Crippen LogP contribution in [0.25, 0.3) is 0 Å². The predicted octanol–water partition coefficient (Wildman–Crippen LogP) is 3.49. The van der Waals surface area contributed by atoms with Crippen molar-refractivity contribution in [1.29, 1.82) is 0 Å². The minimum absolute atomic E-state index is 0.0182. The minimum Gasteiger partial charge on any atom is -0.294 e. The molecule has 0 atom stereocenters. The predicted molar refractivity (Wildman–Crippen MR) is 111 cm³/mol. The van der Waals surface area contributed by atoms with Gasteiger partial charge in [-0.05, 0) is 50.1 Å². The van der Waals surface area contributed by atoms with E-state index in [1.165, 1.54) is 11.1 Å². The maximum atomic E-state index is 15.3. The van der Waals surface area contributed by atoms with Crippen molar-refractivity contribution in [1.82, 2.24) is 4.98 Å². The molecule has 4 rings (SSSR count). The quantitative estimate of drug-likeness (QED) is 0.694. The van der Waals surface area contributed by atoms with Crippen LogP contribution in [0.1, 0.15) is 48.7 Å². The van der Waals surface area contributed by atoms with Gasteiger partial charge in [0, 0.05) is 23.6 Å². The molecule has 0 saturated carbocycles. The van der Waals surface area contributed by atoms with Gasteiger partial charge in [0.15, 0.2) is 15.6 Å². The molecule has 2 aliphatic rings. The van der Waals surface area contributed by atoms with Gasteiger partial charge < -0.3 is 0 Å². The Labute approximate surface area is 175 Å². The van der Waals surface area contributed by atoms with E-state index >= 15 is 4.39 Å². The molecule has 0 aliphatic carbocycles. The molecule has 158 valence electrons. The van der Waals surface area contributed by atoms with Crippen molar-refractivity contribution in [3.8, 4) is 0 Å². The van der Waals surface area contributed by atoms with Crippen LogP contribution >= 0.6 is 0 Å². The van der Waals surface area contributed by atoms with Crippen LogP contribution in [0.3, 0.4) is 0 Å². The lowest BCUT2D eigenvalue weighted by atomic mass is 9.82. The number of aromatic nitrogens is 1. The van der Waals surface area contributed by atoms with Crippen LogP contribution in [-0.4, -0.2) is 36.6 Å². The van der Waals surface area contributed by atoms with Crippen molar-refractivity contribution in [2.45, 2.75) is 39.5 Å². The second-order valence-electron chi connectivity index (χ2n) is 9.28. The number of halogens is 1. The van der Waals surface area contributed by atoms with Crippen molar-refractivity contribution in [2.24, 2.45) is 5.41 Å². The molecule has 0 unspecified atom stereocenters. The number of sulfone groups is 1. The number of Topliss-reactive ketones (excluding diaryl/α,β-unsaturated/α-hetero) is 1. The summed E-state index contributed by atoms with van der Waals surface area (Å²) in [5.74, 6) is -1.38. The highest BCUT2D eigenvalue weighted by Crippen LogP contribution is 2.47. The smallest absolute Gasteiger partial charge is 0.241 e. The zero-order valence-electron chi connectivity index (χ0n) is 17.3. The monoisotopic (exact) mass is 430 g/mol. The second kappa shape index (κ2) is 6.44. The fourth-order valence-electron chi connectivity index (χ4n) is 4.48. The Morgan fingerprint density at radius 3 is 2.43 bits per heavy atom. The minimum atomic E-state index is -3.09. The number of nitrogens with zero attached hydrogens (tertiary/aromatic N) is 2. The van der Waals surface area contributed by atoms with Gasteiger partial charge in [0.2, 0.25) is 5.91 Å². The number of rotatable bonds is 4. The molecule has 1 saturated heterocycles. The highest BCUT2D eigenvalue weighted by molar-refractivity contribution is 7.92. The lowest BCUT2D eigenvalue weighted by Gasteiger charge is -2.37. The molecule has 1 amide bonds. The van der Waals surface area contributed by atoms with Crippen LogP contribution < -0.4 is 4.90 Å². The van der Waals surface area contributed by atoms with Gasteiger partial charge in [-0.15, -0.1) is 0 Å². The first-order valence-corrected chi connectivity index (χ1v) is 11.5. The summed E-state index contributed by atoms with van der Waals surface area (Å²) >= 11 is 0. The van der Waals surface area contributed by atoms with E-state index in [0.717, 1.165) is 11.6 Å². The fourth-order valence-corrected chi connectivity index (χ4v) is 6.72. The third kappa shape index (κ3) is 3.23. The van der Waals surface area contributed by atoms with E-state index < -0.39 is 26.5 Å². The molecule has 0 N–H and O–H groups in total. The van der Waals surface area contributed by atoms with Crippen LogP contribution in [0.2, 0.25) is 0 Å². The van der Waals surface area contributed by atoms with Gasteiger partial charge >= 0.3 is 0 Å². The van der Waals surface area contributed by atoms with Gasteiger partial charge in [0.25, 0.3) is 0 Å². The molecule has 0 radical (unpaired) electrons. The van der Waals surface area contributed by atoms with Crippen LogP contribution in [0.15, 0.2) is 30.6 Å². The summed E-state index contributed by atoms with van der Waals surface area (Å²) in [6.45, 7) is 6.98. The maximum absolute atomic E-state index is 15.3. The standard InChI is InChI=1S/C22H23FN2O4S/c1-13-5-15(10-24-9-13)25-19-16(21(2,3)20(25)27)6-14(7-17(19)23)18(26)8-22(4)11-30(28,29)12-22/h5-7,9-10H,8,11-12H2,1-4H3. The number of hydrogen-bond acceptors (Lipinski definition) is 5. The molecule has 1 aromatic carbocycles. The molecular formula is C22H23FN2O4S. The molecule has 1 aromatic heterocycles. The average molecular weight is 431 g/mol. The number of carbonyl (C=O) groups excluding carboxylic acids is 2. The summed E-state index contributed by atoms with van der Waals surface area (Å²) in [7, 11) is -3.09. The molecule has 2 aromatic rings. The highest BCUT2D eigenvalue weighted by Gasteiger charge is 2.48. The van der Waals surface area contributed by atoms with E-state index in [0.29, 0.717) is 11.3 Å². The highest BCUT2D eigenvalue weighted by atomic mass is 32.2. The van der Waals surface area contributed by atoms with Crippen molar-refractivity contribution < 1.29 is 22.4 Å². The number of hydrogen-bond donors (Lipinski definition) is 0. The molecule has 8 heteroatoms. The molecule has 0 spiro atoms. The summed E-state index contributed by atoms with van der Waals surface area (Å²) in [6.07, 6.45) is 3.17. The summed E-state index contributed by atoms with van der Waals surface area (Å²) < 4.78 is 38.3.